The Balaban J connectivity index is 1.41. The van der Waals surface area contributed by atoms with Crippen molar-refractivity contribution in [2.75, 3.05) is 11.9 Å². The summed E-state index contributed by atoms with van der Waals surface area (Å²) in [4.78, 5) is 28.7. The Labute approximate surface area is 186 Å². The van der Waals surface area contributed by atoms with Gasteiger partial charge in [0.15, 0.2) is 0 Å². The van der Waals surface area contributed by atoms with Crippen LogP contribution in [0.25, 0.3) is 0 Å². The Morgan fingerprint density at radius 3 is 2.67 bits per heavy atom. The van der Waals surface area contributed by atoms with E-state index in [-0.39, 0.29) is 37.0 Å². The molecule has 3 aromatic rings. The maximum Gasteiger partial charge on any atom is 0.226 e. The van der Waals surface area contributed by atoms with Gasteiger partial charge in [0.1, 0.15) is 5.82 Å². The van der Waals surface area contributed by atoms with Crippen LogP contribution in [-0.2, 0) is 22.4 Å². The zero-order valence-electron chi connectivity index (χ0n) is 16.4. The van der Waals surface area contributed by atoms with Crippen LogP contribution < -0.4 is 10.6 Å². The largest absolute Gasteiger partial charge is 0.355 e. The first kappa shape index (κ1) is 22.1. The number of nitrogens with one attached hydrogen (secondary N) is 2. The first-order valence-electron chi connectivity index (χ1n) is 9.39. The van der Waals surface area contributed by atoms with Gasteiger partial charge in [0, 0.05) is 34.9 Å². The van der Waals surface area contributed by atoms with E-state index < -0.39 is 0 Å². The molecule has 156 valence electrons. The fraction of sp³-hybridized carbons (Fsp3) is 0.227. The van der Waals surface area contributed by atoms with Crippen LogP contribution in [0.1, 0.15) is 28.2 Å². The second-order valence-corrected chi connectivity index (χ2v) is 8.68. The fourth-order valence-corrected chi connectivity index (χ4v) is 3.96. The van der Waals surface area contributed by atoms with E-state index in [1.807, 2.05) is 30.5 Å². The summed E-state index contributed by atoms with van der Waals surface area (Å²) in [6, 6.07) is 12.0. The third-order valence-electron chi connectivity index (χ3n) is 4.36. The van der Waals surface area contributed by atoms with Gasteiger partial charge in [0.25, 0.3) is 0 Å². The molecule has 5 nitrogen and oxygen atoms in total. The molecule has 0 spiro atoms. The number of hydrogen-bond donors (Lipinski definition) is 2. The van der Waals surface area contributed by atoms with E-state index in [1.54, 1.807) is 12.1 Å². The number of thiazole rings is 1. The number of halogens is 2. The zero-order valence-corrected chi connectivity index (χ0v) is 18.8. The molecule has 1 heterocycles. The van der Waals surface area contributed by atoms with Crippen LogP contribution in [0, 0.1) is 12.7 Å². The maximum atomic E-state index is 13.0. The molecule has 30 heavy (non-hydrogen) atoms. The number of carbonyl (C=O) groups excluding carboxylic acids is 2. The normalized spacial score (nSPS) is 10.6. The molecule has 0 aliphatic carbocycles. The molecule has 3 rings (SSSR count). The number of anilines is 1. The third kappa shape index (κ3) is 6.74. The number of benzene rings is 2. The van der Waals surface area contributed by atoms with Gasteiger partial charge < -0.3 is 10.6 Å². The van der Waals surface area contributed by atoms with Crippen molar-refractivity contribution in [1.29, 1.82) is 0 Å². The number of carbonyl (C=O) groups is 2. The van der Waals surface area contributed by atoms with E-state index in [0.29, 0.717) is 12.1 Å². The van der Waals surface area contributed by atoms with Crippen molar-refractivity contribution in [3.05, 3.63) is 80.0 Å². The molecule has 0 saturated heterocycles. The van der Waals surface area contributed by atoms with Crippen molar-refractivity contribution in [2.24, 2.45) is 0 Å². The van der Waals surface area contributed by atoms with Crippen LogP contribution in [-0.4, -0.2) is 23.3 Å². The van der Waals surface area contributed by atoms with E-state index in [1.165, 1.54) is 23.5 Å². The van der Waals surface area contributed by atoms with Crippen LogP contribution in [0.3, 0.4) is 0 Å². The molecule has 2 N–H and O–H groups in total. The van der Waals surface area contributed by atoms with Crippen LogP contribution >= 0.6 is 27.3 Å². The van der Waals surface area contributed by atoms with Crippen LogP contribution in [0.2, 0.25) is 0 Å². The highest BCUT2D eigenvalue weighted by molar-refractivity contribution is 9.10. The number of rotatable bonds is 8. The van der Waals surface area contributed by atoms with Crippen molar-refractivity contribution < 1.29 is 14.0 Å². The number of hydrogen-bond acceptors (Lipinski definition) is 4. The van der Waals surface area contributed by atoms with Crippen LogP contribution in [0.5, 0.6) is 0 Å². The topological polar surface area (TPSA) is 71.1 Å². The van der Waals surface area contributed by atoms with Crippen molar-refractivity contribution in [3.63, 3.8) is 0 Å². The average molecular weight is 490 g/mol. The second-order valence-electron chi connectivity index (χ2n) is 6.82. The summed E-state index contributed by atoms with van der Waals surface area (Å²) in [5.41, 5.74) is 3.37. The average Bonchev–Trinajstić information content (AvgIpc) is 3.13. The second kappa shape index (κ2) is 10.4. The molecule has 0 unspecified atom stereocenters. The van der Waals surface area contributed by atoms with E-state index in [2.05, 4.69) is 31.5 Å². The molecular formula is C22H21BrFN3O2S. The van der Waals surface area contributed by atoms with E-state index >= 15 is 0 Å². The number of amides is 2. The lowest BCUT2D eigenvalue weighted by molar-refractivity contribution is -0.120. The Bertz CT molecular complexity index is 1040. The predicted octanol–water partition coefficient (Wildman–Crippen LogP) is 4.63. The molecule has 0 aliphatic rings. The summed E-state index contributed by atoms with van der Waals surface area (Å²) in [5, 5.41) is 8.32. The van der Waals surface area contributed by atoms with Gasteiger partial charge in [-0.05, 0) is 42.3 Å². The van der Waals surface area contributed by atoms with Gasteiger partial charge in [-0.15, -0.1) is 11.3 Å². The first-order chi connectivity index (χ1) is 14.4. The van der Waals surface area contributed by atoms with Gasteiger partial charge in [0.2, 0.25) is 11.8 Å². The van der Waals surface area contributed by atoms with E-state index in [9.17, 15) is 14.0 Å². The van der Waals surface area contributed by atoms with E-state index in [0.717, 1.165) is 26.3 Å². The highest BCUT2D eigenvalue weighted by atomic mass is 79.9. The molecular weight excluding hydrogens is 469 g/mol. The third-order valence-corrected chi connectivity index (χ3v) is 5.75. The van der Waals surface area contributed by atoms with Crippen LogP contribution in [0.4, 0.5) is 10.1 Å². The quantitative estimate of drug-likeness (QED) is 0.484. The number of nitrogens with zero attached hydrogens (tertiary/aromatic N) is 1. The lowest BCUT2D eigenvalue weighted by atomic mass is 10.1. The molecule has 0 bridgehead atoms. The minimum atomic E-state index is -0.268. The standard InChI is InChI=1S/C22H21BrFN3O2S/c1-14-2-5-16(23)11-19(14)27-20(28)8-9-25-21(29)12-18-13-30-22(26-18)10-15-3-6-17(24)7-4-15/h2-7,11,13H,8-10,12H2,1H3,(H,25,29)(H,27,28). The van der Waals surface area contributed by atoms with Crippen molar-refractivity contribution in [2.45, 2.75) is 26.2 Å². The van der Waals surface area contributed by atoms with Gasteiger partial charge in [-0.3, -0.25) is 9.59 Å². The maximum absolute atomic E-state index is 13.0. The Kier molecular flexibility index (Phi) is 7.70. The summed E-state index contributed by atoms with van der Waals surface area (Å²) in [7, 11) is 0. The highest BCUT2D eigenvalue weighted by Gasteiger charge is 2.10. The summed E-state index contributed by atoms with van der Waals surface area (Å²) < 4.78 is 13.9. The number of aromatic nitrogens is 1. The van der Waals surface area contributed by atoms with Gasteiger partial charge in [0.05, 0.1) is 17.1 Å². The van der Waals surface area contributed by atoms with Gasteiger partial charge in [-0.2, -0.15) is 0 Å². The van der Waals surface area contributed by atoms with Crippen molar-refractivity contribution >= 4 is 44.8 Å². The van der Waals surface area contributed by atoms with Gasteiger partial charge in [-0.1, -0.05) is 34.1 Å². The molecule has 0 fully saturated rings. The van der Waals surface area contributed by atoms with Crippen molar-refractivity contribution in [3.8, 4) is 0 Å². The Hall–Kier alpha value is -2.58. The predicted molar refractivity (Wildman–Crippen MR) is 120 cm³/mol. The van der Waals surface area contributed by atoms with Gasteiger partial charge >= 0.3 is 0 Å². The highest BCUT2D eigenvalue weighted by Crippen LogP contribution is 2.20. The molecule has 0 radical (unpaired) electrons. The summed E-state index contributed by atoms with van der Waals surface area (Å²) in [6.45, 7) is 2.17. The van der Waals surface area contributed by atoms with Crippen LogP contribution in [0.15, 0.2) is 52.3 Å². The Morgan fingerprint density at radius 2 is 1.90 bits per heavy atom. The molecule has 2 amide bonds. The molecule has 2 aromatic carbocycles. The molecule has 0 atom stereocenters. The van der Waals surface area contributed by atoms with Gasteiger partial charge in [-0.25, -0.2) is 9.37 Å². The van der Waals surface area contributed by atoms with Crippen molar-refractivity contribution in [1.82, 2.24) is 10.3 Å². The Morgan fingerprint density at radius 1 is 1.13 bits per heavy atom. The lowest BCUT2D eigenvalue weighted by Crippen LogP contribution is -2.29. The molecule has 1 aromatic heterocycles. The lowest BCUT2D eigenvalue weighted by Gasteiger charge is -2.09. The monoisotopic (exact) mass is 489 g/mol. The molecule has 0 saturated carbocycles. The minimum Gasteiger partial charge on any atom is -0.355 e. The smallest absolute Gasteiger partial charge is 0.226 e. The SMILES string of the molecule is Cc1ccc(Br)cc1NC(=O)CCNC(=O)Cc1csc(Cc2ccc(F)cc2)n1. The molecule has 8 heteroatoms. The van der Waals surface area contributed by atoms with E-state index in [4.69, 9.17) is 0 Å². The minimum absolute atomic E-state index is 0.159. The molecule has 0 aliphatic heterocycles. The summed E-state index contributed by atoms with van der Waals surface area (Å²) in [5.74, 6) is -0.609. The summed E-state index contributed by atoms with van der Waals surface area (Å²) in [6.07, 6.45) is 0.943. The fourth-order valence-electron chi connectivity index (χ4n) is 2.77. The zero-order chi connectivity index (χ0) is 21.5. The summed E-state index contributed by atoms with van der Waals surface area (Å²) >= 11 is 4.85. The first-order valence-corrected chi connectivity index (χ1v) is 11.1. The number of aryl methyl sites for hydroxylation is 1.